The summed E-state index contributed by atoms with van der Waals surface area (Å²) in [6.45, 7) is 2.18. The normalized spacial score (nSPS) is 21.3. The maximum atomic E-state index is 6.16. The number of halogens is 1. The van der Waals surface area contributed by atoms with E-state index in [0.29, 0.717) is 5.02 Å². The zero-order valence-electron chi connectivity index (χ0n) is 17.6. The summed E-state index contributed by atoms with van der Waals surface area (Å²) >= 11 is 6.16. The lowest BCUT2D eigenvalue weighted by Gasteiger charge is -2.36. The number of fused-ring (bicyclic) bond motifs is 1. The van der Waals surface area contributed by atoms with Crippen LogP contribution in [0, 0.1) is 0 Å². The number of allylic oxidation sites excluding steroid dienone is 1. The van der Waals surface area contributed by atoms with Crippen molar-refractivity contribution in [2.24, 2.45) is 0 Å². The Hall–Kier alpha value is -2.95. The van der Waals surface area contributed by atoms with E-state index in [-0.39, 0.29) is 18.1 Å². The Morgan fingerprint density at radius 3 is 2.48 bits per heavy atom. The maximum Gasteiger partial charge on any atom is 0.114 e. The van der Waals surface area contributed by atoms with Crippen molar-refractivity contribution < 1.29 is 4.74 Å². The number of rotatable bonds is 4. The van der Waals surface area contributed by atoms with Gasteiger partial charge in [-0.15, -0.1) is 0 Å². The first-order valence-electron chi connectivity index (χ1n) is 10.5. The van der Waals surface area contributed by atoms with Crippen LogP contribution in [0.2, 0.25) is 5.02 Å². The first-order chi connectivity index (χ1) is 15.1. The number of benzene rings is 3. The lowest BCUT2D eigenvalue weighted by molar-refractivity contribution is 0.0311. The van der Waals surface area contributed by atoms with Gasteiger partial charge in [0.25, 0.3) is 0 Å². The largest absolute Gasteiger partial charge is 0.378 e. The molecular formula is C26H24ClN3O. The van der Waals surface area contributed by atoms with E-state index in [1.807, 2.05) is 29.1 Å². The van der Waals surface area contributed by atoms with Gasteiger partial charge in [0, 0.05) is 18.1 Å². The molecule has 0 N–H and O–H groups in total. The molecule has 1 aliphatic carbocycles. The molecule has 1 aliphatic rings. The van der Waals surface area contributed by atoms with Crippen molar-refractivity contribution in [3.05, 3.63) is 95.0 Å². The maximum absolute atomic E-state index is 6.16. The van der Waals surface area contributed by atoms with Crippen LogP contribution >= 0.6 is 11.6 Å². The molecule has 156 valence electrons. The second-order valence-electron chi connectivity index (χ2n) is 8.12. The van der Waals surface area contributed by atoms with Gasteiger partial charge in [0.2, 0.25) is 0 Å². The molecular weight excluding hydrogens is 406 g/mol. The van der Waals surface area contributed by atoms with Gasteiger partial charge in [-0.2, -0.15) is 15.0 Å². The molecule has 0 spiro atoms. The molecule has 1 heterocycles. The number of hydrogen-bond acceptors (Lipinski definition) is 3. The highest BCUT2D eigenvalue weighted by Crippen LogP contribution is 2.42. The van der Waals surface area contributed by atoms with Crippen LogP contribution in [0.5, 0.6) is 0 Å². The Morgan fingerprint density at radius 1 is 0.935 bits per heavy atom. The van der Waals surface area contributed by atoms with E-state index in [1.54, 1.807) is 7.11 Å². The first-order valence-corrected chi connectivity index (χ1v) is 10.9. The predicted molar refractivity (Wildman–Crippen MR) is 125 cm³/mol. The summed E-state index contributed by atoms with van der Waals surface area (Å²) in [5.41, 5.74) is 6.64. The van der Waals surface area contributed by atoms with Crippen molar-refractivity contribution in [2.75, 3.05) is 7.11 Å². The van der Waals surface area contributed by atoms with Crippen LogP contribution in [0.25, 0.3) is 22.2 Å². The Balaban J connectivity index is 1.59. The molecule has 4 nitrogen and oxygen atoms in total. The summed E-state index contributed by atoms with van der Waals surface area (Å²) in [5, 5.41) is 10.2. The van der Waals surface area contributed by atoms with Crippen LogP contribution in [0.15, 0.2) is 84.4 Å². The van der Waals surface area contributed by atoms with Gasteiger partial charge in [-0.1, -0.05) is 77.8 Å². The van der Waals surface area contributed by atoms with Crippen molar-refractivity contribution in [1.29, 1.82) is 0 Å². The van der Waals surface area contributed by atoms with Gasteiger partial charge >= 0.3 is 0 Å². The summed E-state index contributed by atoms with van der Waals surface area (Å²) < 4.78 is 6.11. The van der Waals surface area contributed by atoms with E-state index in [2.05, 4.69) is 61.5 Å². The average molecular weight is 430 g/mol. The van der Waals surface area contributed by atoms with Gasteiger partial charge in [0.1, 0.15) is 17.1 Å². The van der Waals surface area contributed by atoms with E-state index >= 15 is 0 Å². The minimum absolute atomic E-state index is 0.00463. The van der Waals surface area contributed by atoms with Crippen LogP contribution in [0.3, 0.4) is 0 Å². The summed E-state index contributed by atoms with van der Waals surface area (Å²) in [4.78, 5) is 1.82. The molecule has 0 amide bonds. The SMILES string of the molecule is COC1C(c2ccccc2-c2ccccc2)C=C(C)CC1n1nc2ccc(Cl)cc2n1. The van der Waals surface area contributed by atoms with Crippen LogP contribution in [-0.4, -0.2) is 28.2 Å². The van der Waals surface area contributed by atoms with E-state index in [9.17, 15) is 0 Å². The van der Waals surface area contributed by atoms with E-state index in [4.69, 9.17) is 26.5 Å². The van der Waals surface area contributed by atoms with Crippen molar-refractivity contribution in [2.45, 2.75) is 31.4 Å². The average Bonchev–Trinajstić information content (AvgIpc) is 3.22. The van der Waals surface area contributed by atoms with Crippen molar-refractivity contribution >= 4 is 22.6 Å². The lowest BCUT2D eigenvalue weighted by atomic mass is 9.78. The zero-order chi connectivity index (χ0) is 21.4. The molecule has 0 bridgehead atoms. The first kappa shape index (κ1) is 20.0. The van der Waals surface area contributed by atoms with Crippen LogP contribution < -0.4 is 0 Å². The van der Waals surface area contributed by atoms with E-state index in [1.165, 1.54) is 22.3 Å². The molecule has 0 radical (unpaired) electrons. The van der Waals surface area contributed by atoms with E-state index in [0.717, 1.165) is 17.5 Å². The molecule has 5 heteroatoms. The highest BCUT2D eigenvalue weighted by Gasteiger charge is 2.37. The van der Waals surface area contributed by atoms with Crippen LogP contribution in [0.1, 0.15) is 30.9 Å². The van der Waals surface area contributed by atoms with Gasteiger partial charge in [0.05, 0.1) is 6.10 Å². The molecule has 0 aliphatic heterocycles. The summed E-state index contributed by atoms with van der Waals surface area (Å²) in [7, 11) is 1.78. The highest BCUT2D eigenvalue weighted by atomic mass is 35.5. The third-order valence-electron chi connectivity index (χ3n) is 6.06. The molecule has 1 aromatic heterocycles. The Bertz CT molecular complexity index is 1250. The minimum atomic E-state index is -0.0918. The van der Waals surface area contributed by atoms with Gasteiger partial charge in [-0.05, 0) is 48.2 Å². The number of aromatic nitrogens is 3. The van der Waals surface area contributed by atoms with Gasteiger partial charge < -0.3 is 4.74 Å². The highest BCUT2D eigenvalue weighted by molar-refractivity contribution is 6.31. The lowest BCUT2D eigenvalue weighted by Crippen LogP contribution is -2.35. The van der Waals surface area contributed by atoms with Crippen molar-refractivity contribution in [3.63, 3.8) is 0 Å². The molecule has 3 atom stereocenters. The monoisotopic (exact) mass is 429 g/mol. The molecule has 3 unspecified atom stereocenters. The number of hydrogen-bond donors (Lipinski definition) is 0. The summed E-state index contributed by atoms with van der Waals surface area (Å²) in [6.07, 6.45) is 3.09. The van der Waals surface area contributed by atoms with Crippen molar-refractivity contribution in [3.8, 4) is 11.1 Å². The van der Waals surface area contributed by atoms with Gasteiger partial charge in [0.15, 0.2) is 0 Å². The number of ether oxygens (including phenoxy) is 1. The molecule has 0 saturated carbocycles. The topological polar surface area (TPSA) is 39.9 Å². The fourth-order valence-corrected chi connectivity index (χ4v) is 4.83. The molecule has 0 saturated heterocycles. The third-order valence-corrected chi connectivity index (χ3v) is 6.29. The Morgan fingerprint density at radius 2 is 1.68 bits per heavy atom. The fourth-order valence-electron chi connectivity index (χ4n) is 4.66. The van der Waals surface area contributed by atoms with E-state index < -0.39 is 0 Å². The van der Waals surface area contributed by atoms with Gasteiger partial charge in [-0.25, -0.2) is 0 Å². The van der Waals surface area contributed by atoms with Crippen LogP contribution in [-0.2, 0) is 4.74 Å². The predicted octanol–water partition coefficient (Wildman–Crippen LogP) is 6.44. The molecule has 3 aromatic carbocycles. The molecule has 5 rings (SSSR count). The second kappa shape index (κ2) is 8.29. The summed E-state index contributed by atoms with van der Waals surface area (Å²) in [6, 6.07) is 24.7. The van der Waals surface area contributed by atoms with Crippen LogP contribution in [0.4, 0.5) is 0 Å². The quantitative estimate of drug-likeness (QED) is 0.350. The van der Waals surface area contributed by atoms with Crippen molar-refractivity contribution in [1.82, 2.24) is 15.0 Å². The minimum Gasteiger partial charge on any atom is -0.378 e. The fraction of sp³-hybridized carbons (Fsp3) is 0.231. The Labute approximate surface area is 187 Å². The number of methoxy groups -OCH3 is 1. The third kappa shape index (κ3) is 3.78. The Kier molecular flexibility index (Phi) is 5.34. The standard InChI is InChI=1S/C26H24ClN3O/c1-17-14-22(21-11-7-6-10-20(21)18-8-4-3-5-9-18)26(31-2)25(15-17)30-28-23-13-12-19(27)16-24(23)29-30/h3-14,16,22,25-26H,15H2,1-2H3. The molecule has 0 fully saturated rings. The smallest absolute Gasteiger partial charge is 0.114 e. The zero-order valence-corrected chi connectivity index (χ0v) is 18.3. The second-order valence-corrected chi connectivity index (χ2v) is 8.55. The van der Waals surface area contributed by atoms with Gasteiger partial charge in [-0.3, -0.25) is 0 Å². The molecule has 31 heavy (non-hydrogen) atoms. The molecule has 4 aromatic rings. The number of nitrogens with zero attached hydrogens (tertiary/aromatic N) is 3. The summed E-state index contributed by atoms with van der Waals surface area (Å²) in [5.74, 6) is 0.0952.